The second-order valence-electron chi connectivity index (χ2n) is 9.94. The highest BCUT2D eigenvalue weighted by Crippen LogP contribution is 2.28. The van der Waals surface area contributed by atoms with E-state index in [9.17, 15) is 4.79 Å². The Balaban J connectivity index is 0.000000438. The molecule has 8 nitrogen and oxygen atoms in total. The number of H-pyrrole nitrogens is 1. The Bertz CT molecular complexity index is 1420. The number of rotatable bonds is 6. The highest BCUT2D eigenvalue weighted by molar-refractivity contribution is 6.34. The number of fused-ring (bicyclic) bond motifs is 1. The largest absolute Gasteiger partial charge is 0.379 e. The zero-order valence-electron chi connectivity index (χ0n) is 22.7. The molecule has 1 unspecified atom stereocenters. The topological polar surface area (TPSA) is 118 Å². The quantitative estimate of drug-likeness (QED) is 0.324. The highest BCUT2D eigenvalue weighted by atomic mass is 35.5. The molecule has 0 bridgehead atoms. The molecule has 1 saturated heterocycles. The van der Waals surface area contributed by atoms with Crippen LogP contribution in [0.2, 0.25) is 5.02 Å². The van der Waals surface area contributed by atoms with E-state index in [2.05, 4.69) is 31.8 Å². The SMILES string of the molecule is C=CC(=N/C(C)=C\C)c1ccc(-c2cc3cnc(NC4CCOC4)nc3[nH]c2=O)c(Cl)c1.NC1CCCCC1. The van der Waals surface area contributed by atoms with Crippen molar-refractivity contribution in [3.8, 4) is 11.1 Å². The number of aliphatic imine (C=N–C) groups is 1. The van der Waals surface area contributed by atoms with Gasteiger partial charge < -0.3 is 20.8 Å². The van der Waals surface area contributed by atoms with Crippen LogP contribution in [0, 0.1) is 0 Å². The lowest BCUT2D eigenvalue weighted by atomic mass is 9.97. The first-order valence-corrected chi connectivity index (χ1v) is 13.9. The molecule has 1 aromatic carbocycles. The average molecular weight is 549 g/mol. The first-order chi connectivity index (χ1) is 18.9. The molecule has 2 fully saturated rings. The Morgan fingerprint density at radius 3 is 2.64 bits per heavy atom. The van der Waals surface area contributed by atoms with Crippen LogP contribution in [0.4, 0.5) is 5.95 Å². The summed E-state index contributed by atoms with van der Waals surface area (Å²) in [4.78, 5) is 29.0. The molecule has 2 aromatic heterocycles. The third kappa shape index (κ3) is 7.62. The molecule has 1 atom stereocenters. The van der Waals surface area contributed by atoms with Crippen LogP contribution < -0.4 is 16.6 Å². The fourth-order valence-electron chi connectivity index (χ4n) is 4.60. The number of nitrogens with zero attached hydrogens (tertiary/aromatic N) is 3. The standard InChI is InChI=1S/C24H24ClN5O2.C6H13N/c1-4-14(3)27-21(5-2)15-6-7-18(20(25)11-15)19-10-16-12-26-24(28-17-8-9-32-13-17)30-22(16)29-23(19)31;7-6-4-2-1-3-5-6/h4-7,10-12,17H,2,8-9,13H2,1,3H3,(H2,26,28,29,30,31);6H,1-5,7H2/b14-4-,27-21?;. The zero-order valence-corrected chi connectivity index (χ0v) is 23.4. The van der Waals surface area contributed by atoms with Gasteiger partial charge in [0.25, 0.3) is 5.56 Å². The van der Waals surface area contributed by atoms with E-state index in [1.165, 1.54) is 32.1 Å². The number of hydrogen-bond donors (Lipinski definition) is 3. The van der Waals surface area contributed by atoms with Crippen molar-refractivity contribution in [2.24, 2.45) is 10.7 Å². The van der Waals surface area contributed by atoms with Crippen molar-refractivity contribution < 1.29 is 4.74 Å². The van der Waals surface area contributed by atoms with Crippen LogP contribution >= 0.6 is 11.6 Å². The minimum atomic E-state index is -0.275. The van der Waals surface area contributed by atoms with Crippen molar-refractivity contribution in [3.63, 3.8) is 0 Å². The normalized spacial score (nSPS) is 18.5. The van der Waals surface area contributed by atoms with E-state index in [0.29, 0.717) is 51.5 Å². The molecule has 1 aliphatic heterocycles. The number of ether oxygens (including phenoxy) is 1. The molecule has 0 radical (unpaired) electrons. The van der Waals surface area contributed by atoms with Gasteiger partial charge in [-0.2, -0.15) is 4.98 Å². The summed E-state index contributed by atoms with van der Waals surface area (Å²) in [7, 11) is 0. The van der Waals surface area contributed by atoms with Crippen molar-refractivity contribution in [3.05, 3.63) is 75.8 Å². The van der Waals surface area contributed by atoms with Crippen LogP contribution in [-0.4, -0.2) is 46.0 Å². The Hall–Kier alpha value is -3.33. The van der Waals surface area contributed by atoms with E-state index in [0.717, 1.165) is 24.3 Å². The monoisotopic (exact) mass is 548 g/mol. The second kappa shape index (κ2) is 13.6. The van der Waals surface area contributed by atoms with Crippen molar-refractivity contribution in [2.45, 2.75) is 64.5 Å². The molecule has 5 rings (SSSR count). The lowest BCUT2D eigenvalue weighted by molar-refractivity contribution is 0.195. The molecule has 3 aromatic rings. The predicted octanol–water partition coefficient (Wildman–Crippen LogP) is 6.02. The van der Waals surface area contributed by atoms with Crippen LogP contribution in [0.25, 0.3) is 22.2 Å². The molecule has 1 saturated carbocycles. The Labute approximate surface area is 234 Å². The third-order valence-corrected chi connectivity index (χ3v) is 7.28. The molecule has 206 valence electrons. The summed E-state index contributed by atoms with van der Waals surface area (Å²) in [6.07, 6.45) is 12.8. The van der Waals surface area contributed by atoms with Crippen molar-refractivity contribution in [2.75, 3.05) is 18.5 Å². The maximum atomic E-state index is 12.8. The van der Waals surface area contributed by atoms with E-state index < -0.39 is 0 Å². The van der Waals surface area contributed by atoms with Gasteiger partial charge in [0, 0.05) is 51.6 Å². The molecule has 39 heavy (non-hydrogen) atoms. The number of allylic oxidation sites excluding steroid dienone is 3. The smallest absolute Gasteiger partial charge is 0.257 e. The number of nitrogens with two attached hydrogens (primary N) is 1. The fourth-order valence-corrected chi connectivity index (χ4v) is 4.89. The number of halogens is 1. The summed E-state index contributed by atoms with van der Waals surface area (Å²) in [5.74, 6) is 0.464. The summed E-state index contributed by atoms with van der Waals surface area (Å²) in [5.41, 5.74) is 9.30. The van der Waals surface area contributed by atoms with Crippen LogP contribution in [0.3, 0.4) is 0 Å². The lowest BCUT2D eigenvalue weighted by Crippen LogP contribution is -2.22. The molecule has 4 N–H and O–H groups in total. The van der Waals surface area contributed by atoms with Gasteiger partial charge in [-0.15, -0.1) is 0 Å². The summed E-state index contributed by atoms with van der Waals surface area (Å²) in [6, 6.07) is 7.95. The maximum Gasteiger partial charge on any atom is 0.257 e. The van der Waals surface area contributed by atoms with Gasteiger partial charge in [0.05, 0.1) is 18.4 Å². The highest BCUT2D eigenvalue weighted by Gasteiger charge is 2.17. The van der Waals surface area contributed by atoms with Crippen LogP contribution in [0.5, 0.6) is 0 Å². The van der Waals surface area contributed by atoms with Gasteiger partial charge in [-0.3, -0.25) is 9.79 Å². The molecule has 0 amide bonds. The van der Waals surface area contributed by atoms with Crippen LogP contribution in [0.15, 0.2) is 64.7 Å². The van der Waals surface area contributed by atoms with Gasteiger partial charge >= 0.3 is 0 Å². The Morgan fingerprint density at radius 1 is 1.23 bits per heavy atom. The van der Waals surface area contributed by atoms with Gasteiger partial charge in [0.1, 0.15) is 5.65 Å². The van der Waals surface area contributed by atoms with E-state index >= 15 is 0 Å². The summed E-state index contributed by atoms with van der Waals surface area (Å²) in [6.45, 7) is 9.03. The van der Waals surface area contributed by atoms with Crippen molar-refractivity contribution >= 4 is 34.3 Å². The van der Waals surface area contributed by atoms with E-state index in [4.69, 9.17) is 22.1 Å². The molecule has 9 heteroatoms. The average Bonchev–Trinajstić information content (AvgIpc) is 3.45. The first-order valence-electron chi connectivity index (χ1n) is 13.5. The van der Waals surface area contributed by atoms with Gasteiger partial charge in [0.15, 0.2) is 0 Å². The van der Waals surface area contributed by atoms with Gasteiger partial charge in [-0.25, -0.2) is 4.98 Å². The van der Waals surface area contributed by atoms with Crippen molar-refractivity contribution in [1.82, 2.24) is 15.0 Å². The van der Waals surface area contributed by atoms with Gasteiger partial charge in [-0.1, -0.05) is 55.7 Å². The maximum absolute atomic E-state index is 12.8. The summed E-state index contributed by atoms with van der Waals surface area (Å²) in [5, 5.41) is 4.39. The van der Waals surface area contributed by atoms with Crippen molar-refractivity contribution in [1.29, 1.82) is 0 Å². The van der Waals surface area contributed by atoms with E-state index in [1.807, 2.05) is 32.1 Å². The van der Waals surface area contributed by atoms with E-state index in [1.54, 1.807) is 24.4 Å². The molecular weight excluding hydrogens is 512 g/mol. The number of benzene rings is 1. The number of pyridine rings is 1. The summed E-state index contributed by atoms with van der Waals surface area (Å²) < 4.78 is 5.36. The molecule has 2 aliphatic rings. The van der Waals surface area contributed by atoms with Crippen LogP contribution in [0.1, 0.15) is 57.9 Å². The number of aromatic amines is 1. The number of anilines is 1. The molecule has 0 spiro atoms. The summed E-state index contributed by atoms with van der Waals surface area (Å²) >= 11 is 6.57. The molecular formula is C30H37ClN6O2. The van der Waals surface area contributed by atoms with Gasteiger partial charge in [-0.05, 0) is 51.3 Å². The lowest BCUT2D eigenvalue weighted by Gasteiger charge is -2.15. The number of nitrogens with one attached hydrogen (secondary N) is 2. The molecule has 1 aliphatic carbocycles. The second-order valence-corrected chi connectivity index (χ2v) is 10.3. The van der Waals surface area contributed by atoms with Crippen LogP contribution in [-0.2, 0) is 4.74 Å². The Kier molecular flexibility index (Phi) is 10.0. The van der Waals surface area contributed by atoms with E-state index in [-0.39, 0.29) is 11.6 Å². The Morgan fingerprint density at radius 2 is 2.03 bits per heavy atom. The molecule has 3 heterocycles. The minimum absolute atomic E-state index is 0.177. The number of hydrogen-bond acceptors (Lipinski definition) is 7. The zero-order chi connectivity index (χ0) is 27.8. The first kappa shape index (κ1) is 28.7. The minimum Gasteiger partial charge on any atom is -0.379 e. The predicted molar refractivity (Wildman–Crippen MR) is 161 cm³/mol. The number of aromatic nitrogens is 3. The van der Waals surface area contributed by atoms with Gasteiger partial charge in [0.2, 0.25) is 5.95 Å². The third-order valence-electron chi connectivity index (χ3n) is 6.97. The fraction of sp³-hybridized carbons (Fsp3) is 0.400.